The Morgan fingerprint density at radius 3 is 2.94 bits per heavy atom. The zero-order valence-corrected chi connectivity index (χ0v) is 18.8. The Balaban J connectivity index is 1.57. The first-order valence-corrected chi connectivity index (χ1v) is 11.4. The number of likely N-dealkylation sites (tertiary alicyclic amines) is 1. The molecule has 174 valence electrons. The monoisotopic (exact) mass is 475 g/mol. The van der Waals surface area contributed by atoms with E-state index in [9.17, 15) is 18.2 Å². The van der Waals surface area contributed by atoms with E-state index < -0.39 is 28.8 Å². The molecule has 1 aromatic carbocycles. The fraction of sp³-hybridized carbons (Fsp3) is 0.381. The lowest BCUT2D eigenvalue weighted by molar-refractivity contribution is 0.101. The molecular formula is C21H22FN5O5S. The topological polar surface area (TPSA) is 126 Å². The minimum absolute atomic E-state index is 0.127. The van der Waals surface area contributed by atoms with Crippen LogP contribution in [0.4, 0.5) is 14.9 Å². The molecule has 2 aromatic rings. The van der Waals surface area contributed by atoms with Gasteiger partial charge in [0, 0.05) is 44.0 Å². The number of carbonyl (C=O) groups excluding carboxylic acids is 2. The highest BCUT2D eigenvalue weighted by atomic mass is 32.2. The molecule has 2 amide bonds. The normalized spacial score (nSPS) is 21.6. The predicted octanol–water partition coefficient (Wildman–Crippen LogP) is 1.75. The summed E-state index contributed by atoms with van der Waals surface area (Å²) in [7, 11) is -0.0740. The van der Waals surface area contributed by atoms with E-state index in [0.717, 1.165) is 6.07 Å². The van der Waals surface area contributed by atoms with E-state index in [0.29, 0.717) is 18.0 Å². The van der Waals surface area contributed by atoms with Crippen molar-refractivity contribution in [3.63, 3.8) is 0 Å². The fourth-order valence-electron chi connectivity index (χ4n) is 3.92. The average molecular weight is 476 g/mol. The highest BCUT2D eigenvalue weighted by Gasteiger charge is 2.40. The summed E-state index contributed by atoms with van der Waals surface area (Å²) in [4.78, 5) is 27.0. The number of hydrogen-bond acceptors (Lipinski definition) is 6. The van der Waals surface area contributed by atoms with Gasteiger partial charge in [-0.1, -0.05) is 0 Å². The smallest absolute Gasteiger partial charge is 0.409 e. The van der Waals surface area contributed by atoms with Gasteiger partial charge in [-0.25, -0.2) is 18.1 Å². The van der Waals surface area contributed by atoms with Gasteiger partial charge in [0.15, 0.2) is 11.4 Å². The third-order valence-corrected chi connectivity index (χ3v) is 6.74. The lowest BCUT2D eigenvalue weighted by atomic mass is 10.1. The van der Waals surface area contributed by atoms with Gasteiger partial charge < -0.3 is 24.3 Å². The van der Waals surface area contributed by atoms with Crippen molar-refractivity contribution in [2.24, 2.45) is 13.0 Å². The van der Waals surface area contributed by atoms with Crippen molar-refractivity contribution >= 4 is 28.7 Å². The first-order valence-electron chi connectivity index (χ1n) is 10.2. The molecule has 4 rings (SSSR count). The van der Waals surface area contributed by atoms with Crippen molar-refractivity contribution in [2.75, 3.05) is 31.6 Å². The Hall–Kier alpha value is -3.43. The van der Waals surface area contributed by atoms with Crippen LogP contribution >= 0.6 is 0 Å². The third kappa shape index (κ3) is 4.42. The number of aromatic nitrogens is 1. The summed E-state index contributed by atoms with van der Waals surface area (Å²) >= 11 is 0. The maximum atomic E-state index is 13.6. The molecule has 0 bridgehead atoms. The van der Waals surface area contributed by atoms with Crippen LogP contribution in [0.5, 0.6) is 5.75 Å². The van der Waals surface area contributed by atoms with Crippen LogP contribution < -0.4 is 14.8 Å². The SMILES string of the molecule is CCOC(=O)N1CC2COc3c(cn(C)c3C(=O)Nc3ccc(F)c(C#N)c3)S(=O)NC2C1. The molecule has 0 radical (unpaired) electrons. The van der Waals surface area contributed by atoms with Crippen molar-refractivity contribution in [3.8, 4) is 11.8 Å². The van der Waals surface area contributed by atoms with Gasteiger partial charge in [0.25, 0.3) is 5.91 Å². The number of aryl methyl sites for hydroxylation is 1. The number of nitrogens with zero attached hydrogens (tertiary/aromatic N) is 3. The van der Waals surface area contributed by atoms with Crippen molar-refractivity contribution in [3.05, 3.63) is 41.5 Å². The van der Waals surface area contributed by atoms with Crippen LogP contribution in [0, 0.1) is 23.1 Å². The number of amides is 2. The Kier molecular flexibility index (Phi) is 6.35. The van der Waals surface area contributed by atoms with Crippen LogP contribution in [-0.4, -0.2) is 58.0 Å². The minimum atomic E-state index is -1.69. The number of hydrogen-bond donors (Lipinski definition) is 2. The molecule has 3 heterocycles. The van der Waals surface area contributed by atoms with Crippen LogP contribution in [0.3, 0.4) is 0 Å². The van der Waals surface area contributed by atoms with Gasteiger partial charge in [-0.2, -0.15) is 5.26 Å². The van der Waals surface area contributed by atoms with E-state index >= 15 is 0 Å². The summed E-state index contributed by atoms with van der Waals surface area (Å²) in [5.41, 5.74) is 0.163. The summed E-state index contributed by atoms with van der Waals surface area (Å²) in [6.45, 7) is 2.87. The number of rotatable bonds is 3. The number of nitriles is 1. The highest BCUT2D eigenvalue weighted by molar-refractivity contribution is 7.83. The lowest BCUT2D eigenvalue weighted by Crippen LogP contribution is -2.41. The first kappa shape index (κ1) is 22.8. The first-order chi connectivity index (χ1) is 15.8. The quantitative estimate of drug-likeness (QED) is 0.697. The maximum Gasteiger partial charge on any atom is 0.409 e. The average Bonchev–Trinajstić information content (AvgIpc) is 3.32. The second kappa shape index (κ2) is 9.21. The molecule has 10 nitrogen and oxygen atoms in total. The molecule has 12 heteroatoms. The number of benzene rings is 1. The van der Waals surface area contributed by atoms with Gasteiger partial charge in [0.05, 0.1) is 18.8 Å². The van der Waals surface area contributed by atoms with Gasteiger partial charge in [-0.15, -0.1) is 0 Å². The summed E-state index contributed by atoms with van der Waals surface area (Å²) in [5.74, 6) is -1.25. The van der Waals surface area contributed by atoms with Crippen LogP contribution in [0.25, 0.3) is 0 Å². The summed E-state index contributed by atoms with van der Waals surface area (Å²) < 4.78 is 42.2. The number of anilines is 1. The molecule has 1 aromatic heterocycles. The molecule has 33 heavy (non-hydrogen) atoms. The number of ether oxygens (including phenoxy) is 2. The Morgan fingerprint density at radius 2 is 2.21 bits per heavy atom. The Labute approximate surface area is 191 Å². The standard InChI is InChI=1S/C21H22FN5O5S/c1-3-31-21(29)27-8-13-11-32-19-17(33(30)25-16(13)9-27)10-26(2)18(19)20(28)24-14-4-5-15(22)12(6-14)7-23/h4-6,10,13,16,25H,3,8-9,11H2,1-2H3,(H,24,28). The summed E-state index contributed by atoms with van der Waals surface area (Å²) in [6.07, 6.45) is 1.10. The number of nitrogens with one attached hydrogen (secondary N) is 2. The minimum Gasteiger partial charge on any atom is -0.489 e. The van der Waals surface area contributed by atoms with Crippen molar-refractivity contribution in [1.82, 2.24) is 14.2 Å². The van der Waals surface area contributed by atoms with E-state index in [4.69, 9.17) is 14.7 Å². The van der Waals surface area contributed by atoms with E-state index in [1.54, 1.807) is 20.0 Å². The molecule has 0 aliphatic carbocycles. The molecule has 0 spiro atoms. The Bertz CT molecular complexity index is 1180. The summed E-state index contributed by atoms with van der Waals surface area (Å²) in [5, 5.41) is 11.6. The van der Waals surface area contributed by atoms with Crippen molar-refractivity contribution in [2.45, 2.75) is 17.9 Å². The highest BCUT2D eigenvalue weighted by Crippen LogP contribution is 2.33. The largest absolute Gasteiger partial charge is 0.489 e. The zero-order valence-electron chi connectivity index (χ0n) is 18.0. The molecule has 1 fully saturated rings. The van der Waals surface area contributed by atoms with E-state index in [1.807, 2.05) is 0 Å². The van der Waals surface area contributed by atoms with E-state index in [2.05, 4.69) is 10.0 Å². The molecule has 0 saturated carbocycles. The van der Waals surface area contributed by atoms with Gasteiger partial charge in [-0.05, 0) is 25.1 Å². The van der Waals surface area contributed by atoms with Crippen LogP contribution in [0.2, 0.25) is 0 Å². The molecule has 2 aliphatic rings. The number of fused-ring (bicyclic) bond motifs is 2. The van der Waals surface area contributed by atoms with Gasteiger partial charge in [0.2, 0.25) is 0 Å². The number of halogens is 1. The van der Waals surface area contributed by atoms with E-state index in [-0.39, 0.29) is 47.9 Å². The van der Waals surface area contributed by atoms with Crippen molar-refractivity contribution < 1.29 is 27.7 Å². The second-order valence-electron chi connectivity index (χ2n) is 7.71. The molecule has 3 unspecified atom stereocenters. The molecular weight excluding hydrogens is 453 g/mol. The second-order valence-corrected chi connectivity index (χ2v) is 8.92. The van der Waals surface area contributed by atoms with Gasteiger partial charge in [0.1, 0.15) is 27.8 Å². The molecule has 1 saturated heterocycles. The van der Waals surface area contributed by atoms with Crippen LogP contribution in [0.15, 0.2) is 29.3 Å². The maximum absolute atomic E-state index is 13.6. The fourth-order valence-corrected chi connectivity index (χ4v) is 5.17. The predicted molar refractivity (Wildman–Crippen MR) is 115 cm³/mol. The van der Waals surface area contributed by atoms with Crippen LogP contribution in [-0.2, 0) is 22.8 Å². The summed E-state index contributed by atoms with van der Waals surface area (Å²) in [6, 6.07) is 5.13. The molecule has 3 atom stereocenters. The zero-order chi connectivity index (χ0) is 23.7. The Morgan fingerprint density at radius 1 is 1.42 bits per heavy atom. The van der Waals surface area contributed by atoms with E-state index in [1.165, 1.54) is 27.8 Å². The molecule has 2 N–H and O–H groups in total. The third-order valence-electron chi connectivity index (χ3n) is 5.53. The van der Waals surface area contributed by atoms with Gasteiger partial charge in [-0.3, -0.25) is 4.79 Å². The van der Waals surface area contributed by atoms with Crippen molar-refractivity contribution in [1.29, 1.82) is 5.26 Å². The lowest BCUT2D eigenvalue weighted by Gasteiger charge is -2.23. The van der Waals surface area contributed by atoms with Crippen LogP contribution in [0.1, 0.15) is 23.0 Å². The van der Waals surface area contributed by atoms with Gasteiger partial charge >= 0.3 is 6.09 Å². The number of carbonyl (C=O) groups is 2. The molecule has 2 aliphatic heterocycles.